The van der Waals surface area contributed by atoms with Crippen molar-refractivity contribution in [3.8, 4) is 0 Å². The van der Waals surface area contributed by atoms with Gasteiger partial charge in [-0.15, -0.1) is 11.3 Å². The molecule has 0 radical (unpaired) electrons. The van der Waals surface area contributed by atoms with E-state index in [4.69, 9.17) is 24.4 Å². The van der Waals surface area contributed by atoms with E-state index < -0.39 is 11.4 Å². The molecule has 14 aromatic rings. The molecule has 8 aromatic carbocycles. The number of H-pyrrole nitrogens is 8. The maximum absolute atomic E-state index is 11.2. The van der Waals surface area contributed by atoms with Gasteiger partial charge in [0.1, 0.15) is 0 Å². The maximum Gasteiger partial charge on any atom is 0.419 e. The number of amides is 1. The quantitative estimate of drug-likeness (QED) is 0.0630. The second-order valence-corrected chi connectivity index (χ2v) is 20.5. The molecule has 0 aliphatic carbocycles. The van der Waals surface area contributed by atoms with E-state index in [1.165, 1.54) is 17.1 Å². The number of carbonyl (C=O) groups excluding carboxylic acids is 2. The van der Waals surface area contributed by atoms with Crippen LogP contribution in [-0.4, -0.2) is 69.6 Å². The molecule has 0 fully saturated rings. The summed E-state index contributed by atoms with van der Waals surface area (Å²) in [6.45, 7) is 1.15. The molecule has 0 saturated heterocycles. The first-order valence-corrected chi connectivity index (χ1v) is 28.0. The van der Waals surface area contributed by atoms with E-state index >= 15 is 0 Å². The third-order valence-corrected chi connectivity index (χ3v) is 13.9. The van der Waals surface area contributed by atoms with Crippen molar-refractivity contribution in [2.45, 2.75) is 6.42 Å². The van der Waals surface area contributed by atoms with Crippen molar-refractivity contribution in [3.63, 3.8) is 0 Å². The van der Waals surface area contributed by atoms with E-state index in [0.717, 1.165) is 77.1 Å². The van der Waals surface area contributed by atoms with Gasteiger partial charge in [0, 0.05) is 47.4 Å². The minimum absolute atomic E-state index is 0.0173. The molecule has 23 heteroatoms. The van der Waals surface area contributed by atoms with Crippen molar-refractivity contribution in [2.75, 3.05) is 29.0 Å². The van der Waals surface area contributed by atoms with Crippen LogP contribution in [0.25, 0.3) is 65.0 Å². The Bertz CT molecular complexity index is 4680. The second-order valence-electron chi connectivity index (χ2n) is 18.3. The second kappa shape index (κ2) is 29.2. The lowest BCUT2D eigenvalue weighted by Gasteiger charge is -2.17. The zero-order valence-electron chi connectivity index (χ0n) is 45.3. The third-order valence-electron chi connectivity index (χ3n) is 12.5. The van der Waals surface area contributed by atoms with Gasteiger partial charge >= 0.3 is 17.1 Å². The first-order chi connectivity index (χ1) is 41.8. The number of fused-ring (bicyclic) bond motifs is 8. The summed E-state index contributed by atoms with van der Waals surface area (Å²) in [6.07, 6.45) is 3.69. The summed E-state index contributed by atoms with van der Waals surface area (Å²) in [5.74, 6) is -0.457. The maximum atomic E-state index is 11.2. The summed E-state index contributed by atoms with van der Waals surface area (Å²) in [5, 5.41) is 10.7. The molecule has 430 valence electrons. The number of nitrogens with zero attached hydrogens (tertiary/aromatic N) is 1. The lowest BCUT2D eigenvalue weighted by atomic mass is 10.0. The molecule has 8 heterocycles. The number of hydrogen-bond donors (Lipinski definition) is 11. The zero-order valence-corrected chi connectivity index (χ0v) is 47.7. The van der Waals surface area contributed by atoms with Gasteiger partial charge < -0.3 is 55.3 Å². The number of anilines is 3. The number of imidazole rings is 2. The van der Waals surface area contributed by atoms with Gasteiger partial charge in [-0.1, -0.05) is 97.1 Å². The number of Topliss-reactive ketones (excluding diaryl/α,β-unsaturated/α-hetero) is 1. The van der Waals surface area contributed by atoms with Crippen molar-refractivity contribution in [1.29, 1.82) is 0 Å². The monoisotopic (exact) mass is 1200 g/mol. The first kappa shape index (κ1) is 59.5. The van der Waals surface area contributed by atoms with E-state index in [-0.39, 0.29) is 28.4 Å². The number of pyridine rings is 1. The molecular weight excluding hydrogens is 1150 g/mol. The summed E-state index contributed by atoms with van der Waals surface area (Å²) < 4.78 is 7.08. The summed E-state index contributed by atoms with van der Waals surface area (Å²) in [7, 11) is 0. The van der Waals surface area contributed by atoms with Crippen molar-refractivity contribution in [2.24, 2.45) is 0 Å². The van der Waals surface area contributed by atoms with Crippen molar-refractivity contribution >= 4 is 130 Å². The molecule has 0 unspecified atom stereocenters. The van der Waals surface area contributed by atoms with Gasteiger partial charge in [0.2, 0.25) is 5.91 Å². The molecule has 0 spiro atoms. The van der Waals surface area contributed by atoms with Crippen LogP contribution in [0.3, 0.4) is 0 Å². The fourth-order valence-electron chi connectivity index (χ4n) is 8.47. The summed E-state index contributed by atoms with van der Waals surface area (Å²) in [4.78, 5) is 103. The number of aromatic nitrogens is 9. The number of thiazole rings is 1. The standard InChI is InChI=1S/C9H9NO.C9H7NO.C8H6N2O.C8H8N2O.C8H5NO3.C7H6N2O.C7H6N2S.C7H5NS2/c2*11-9-5-6-10-8-4-2-1-3-7(8)9;11-8-6-3-1-2-4-7(6)9-5-10-8;11-8-5-9-6-3-1-2-4-7(6)10-8;10-7-5-3-1-2-4-6(5)9-8(11)12-7;2*10-7-8-5-3-1-2-4-6(5)9-7;9-7-8-5-3-1-2-4-6(5)10-7/h1-4,10H,5-6H2;1-6H,(H,10,11);1-5H,(H,9,10,11);1-4,9H,5H2,(H,10,11);1-4H,(H,9,11);2*1-4H,(H2,8,9,10);1-4H,(H,8,9). The molecule has 20 nitrogen and oxygen atoms in total. The lowest BCUT2D eigenvalue weighted by molar-refractivity contribution is -0.114. The Morgan fingerprint density at radius 1 is 0.465 bits per heavy atom. The van der Waals surface area contributed by atoms with Crippen molar-refractivity contribution < 1.29 is 14.0 Å². The van der Waals surface area contributed by atoms with E-state index in [1.54, 1.807) is 47.9 Å². The molecular formula is C63H52N12O8S3. The molecule has 0 atom stereocenters. The van der Waals surface area contributed by atoms with Crippen molar-refractivity contribution in [1.82, 2.24) is 44.9 Å². The SMILES string of the molecule is O=C1CCNc2ccccc21.O=C1CNc2ccccc2N1.O=c1[nH]c2ccccc2[nH]1.O=c1[nH]c2ccccc2c(=O)o1.O=c1[nH]cnc2ccccc12.O=c1cc[nH]c2ccccc12.S=c1[nH]c2ccccc2[nH]1.S=c1[nH]c2ccccc2s1. The van der Waals surface area contributed by atoms with Gasteiger partial charge in [-0.05, 0) is 121 Å². The highest BCUT2D eigenvalue weighted by molar-refractivity contribution is 7.73. The minimum Gasteiger partial charge on any atom is -0.384 e. The lowest BCUT2D eigenvalue weighted by Crippen LogP contribution is -2.27. The average Bonchev–Trinajstić information content (AvgIpc) is 4.30. The van der Waals surface area contributed by atoms with Gasteiger partial charge in [-0.3, -0.25) is 24.2 Å². The minimum atomic E-state index is -0.723. The summed E-state index contributed by atoms with van der Waals surface area (Å²) in [6, 6.07) is 61.7. The third kappa shape index (κ3) is 16.3. The van der Waals surface area contributed by atoms with Crippen molar-refractivity contribution in [3.05, 3.63) is 279 Å². The van der Waals surface area contributed by atoms with Gasteiger partial charge in [-0.25, -0.2) is 19.4 Å². The Morgan fingerprint density at radius 2 is 1.01 bits per heavy atom. The average molecular weight is 1200 g/mol. The van der Waals surface area contributed by atoms with Crippen LogP contribution in [0, 0.1) is 8.73 Å². The van der Waals surface area contributed by atoms with Crippen LogP contribution in [0.4, 0.5) is 17.1 Å². The first-order valence-electron chi connectivity index (χ1n) is 26.4. The van der Waals surface area contributed by atoms with Crippen LogP contribution in [0.2, 0.25) is 0 Å². The van der Waals surface area contributed by atoms with Crippen LogP contribution in [-0.2, 0) is 4.79 Å². The highest BCUT2D eigenvalue weighted by atomic mass is 32.1. The van der Waals surface area contributed by atoms with Gasteiger partial charge in [0.25, 0.3) is 5.56 Å². The number of benzene rings is 8. The molecule has 6 aromatic heterocycles. The largest absolute Gasteiger partial charge is 0.419 e. The highest BCUT2D eigenvalue weighted by Gasteiger charge is 2.15. The Hall–Kier alpha value is -11.1. The number of para-hydroxylation sites is 11. The number of aromatic amines is 8. The fourth-order valence-corrected chi connectivity index (χ4v) is 9.81. The molecule has 1 amide bonds. The predicted molar refractivity (Wildman–Crippen MR) is 347 cm³/mol. The topological polar surface area (TPSA) is 308 Å². The number of rotatable bonds is 0. The van der Waals surface area contributed by atoms with Gasteiger partial charge in [0.15, 0.2) is 19.9 Å². The number of carbonyl (C=O) groups is 2. The highest BCUT2D eigenvalue weighted by Crippen LogP contribution is 2.23. The van der Waals surface area contributed by atoms with Gasteiger partial charge in [0.05, 0.1) is 78.3 Å². The molecule has 11 N–H and O–H groups in total. The van der Waals surface area contributed by atoms with Gasteiger partial charge in [-0.2, -0.15) is 0 Å². The number of nitrogens with one attached hydrogen (secondary N) is 11. The van der Waals surface area contributed by atoms with Crippen LogP contribution in [0.5, 0.6) is 0 Å². The normalized spacial score (nSPS) is 11.5. The summed E-state index contributed by atoms with van der Waals surface area (Å²) >= 11 is 11.5. The Balaban J connectivity index is 0.000000117. The molecule has 86 heavy (non-hydrogen) atoms. The molecule has 2 aliphatic heterocycles. The zero-order chi connectivity index (χ0) is 60.2. The number of ketones is 1. The molecule has 0 saturated carbocycles. The van der Waals surface area contributed by atoms with E-state index in [2.05, 4.69) is 71.3 Å². The molecule has 2 aliphatic rings. The van der Waals surface area contributed by atoms with Crippen LogP contribution >= 0.6 is 35.8 Å². The molecule has 16 rings (SSSR count). The van der Waals surface area contributed by atoms with E-state index in [0.29, 0.717) is 34.0 Å². The molecule has 0 bridgehead atoms. The fraction of sp³-hybridized carbons (Fsp3) is 0.0476. The van der Waals surface area contributed by atoms with E-state index in [1.807, 2.05) is 158 Å². The number of hydrogen-bond acceptors (Lipinski definition) is 14. The smallest absolute Gasteiger partial charge is 0.384 e. The van der Waals surface area contributed by atoms with E-state index in [9.17, 15) is 33.6 Å². The Morgan fingerprint density at radius 3 is 1.66 bits per heavy atom. The van der Waals surface area contributed by atoms with Crippen LogP contribution < -0.4 is 44.0 Å². The Kier molecular flexibility index (Phi) is 20.2. The predicted octanol–water partition coefficient (Wildman–Crippen LogP) is 11.7. The van der Waals surface area contributed by atoms with Crippen LogP contribution in [0.15, 0.2) is 241 Å². The summed E-state index contributed by atoms with van der Waals surface area (Å²) in [5.41, 5.74) is 9.98. The Labute approximate surface area is 500 Å². The van der Waals surface area contributed by atoms with Crippen LogP contribution in [0.1, 0.15) is 16.8 Å².